The molecule has 6 nitrogen and oxygen atoms in total. The second-order valence-corrected chi connectivity index (χ2v) is 4.03. The van der Waals surface area contributed by atoms with E-state index in [1.54, 1.807) is 0 Å². The first kappa shape index (κ1) is 12.8. The van der Waals surface area contributed by atoms with Crippen molar-refractivity contribution in [1.82, 2.24) is 15.4 Å². The van der Waals surface area contributed by atoms with E-state index in [0.717, 1.165) is 17.1 Å². The number of aromatic amines is 1. The van der Waals surface area contributed by atoms with Crippen molar-refractivity contribution >= 4 is 12.3 Å². The van der Waals surface area contributed by atoms with Gasteiger partial charge in [0.15, 0.2) is 0 Å². The van der Waals surface area contributed by atoms with Gasteiger partial charge in [-0.2, -0.15) is 5.10 Å². The van der Waals surface area contributed by atoms with Crippen LogP contribution in [0.25, 0.3) is 0 Å². The van der Waals surface area contributed by atoms with Crippen molar-refractivity contribution in [3.8, 4) is 0 Å². The van der Waals surface area contributed by atoms with Crippen LogP contribution >= 0.6 is 0 Å². The summed E-state index contributed by atoms with van der Waals surface area (Å²) in [5, 5.41) is 12.0. The standard InChI is InChI=1S/C13H14N4O2/c1-9-11(8-14-17-13(18)19)16-12(15-9)7-10-5-3-2-4-6-10/h2-6,8,17H,7H2,1H3,(H,15,16)(H,18,19). The molecule has 98 valence electrons. The Bertz CT molecular complexity index is 590. The Labute approximate surface area is 110 Å². The summed E-state index contributed by atoms with van der Waals surface area (Å²) in [6, 6.07) is 9.97. The zero-order valence-corrected chi connectivity index (χ0v) is 10.4. The Morgan fingerprint density at radius 2 is 2.21 bits per heavy atom. The number of benzene rings is 1. The fraction of sp³-hybridized carbons (Fsp3) is 0.154. The molecule has 0 unspecified atom stereocenters. The minimum atomic E-state index is -1.20. The molecule has 0 saturated heterocycles. The number of imidazole rings is 1. The molecule has 1 aromatic heterocycles. The van der Waals surface area contributed by atoms with E-state index in [9.17, 15) is 4.79 Å². The van der Waals surface area contributed by atoms with Gasteiger partial charge in [0, 0.05) is 12.1 Å². The molecular formula is C13H14N4O2. The van der Waals surface area contributed by atoms with Gasteiger partial charge in [0.1, 0.15) is 11.5 Å². The van der Waals surface area contributed by atoms with Crippen LogP contribution in [0.3, 0.4) is 0 Å². The zero-order valence-electron chi connectivity index (χ0n) is 10.4. The molecule has 0 atom stereocenters. The van der Waals surface area contributed by atoms with Gasteiger partial charge in [-0.15, -0.1) is 0 Å². The molecule has 3 N–H and O–H groups in total. The van der Waals surface area contributed by atoms with Crippen LogP contribution in [0.15, 0.2) is 35.4 Å². The van der Waals surface area contributed by atoms with Crippen LogP contribution < -0.4 is 5.43 Å². The maximum Gasteiger partial charge on any atom is 0.425 e. The van der Waals surface area contributed by atoms with Crippen molar-refractivity contribution in [1.29, 1.82) is 0 Å². The summed E-state index contributed by atoms with van der Waals surface area (Å²) in [5.74, 6) is 0.820. The minimum Gasteiger partial charge on any atom is -0.464 e. The Balaban J connectivity index is 2.08. The minimum absolute atomic E-state index is 0.625. The first-order valence-electron chi connectivity index (χ1n) is 5.76. The molecular weight excluding hydrogens is 244 g/mol. The number of hydrogen-bond donors (Lipinski definition) is 3. The number of carboxylic acid groups (broad SMARTS) is 1. The van der Waals surface area contributed by atoms with Gasteiger partial charge >= 0.3 is 6.09 Å². The molecule has 2 aromatic rings. The highest BCUT2D eigenvalue weighted by atomic mass is 16.4. The topological polar surface area (TPSA) is 90.4 Å². The lowest BCUT2D eigenvalue weighted by atomic mass is 10.1. The van der Waals surface area contributed by atoms with Gasteiger partial charge in [0.2, 0.25) is 0 Å². The van der Waals surface area contributed by atoms with Crippen LogP contribution in [0.4, 0.5) is 4.79 Å². The van der Waals surface area contributed by atoms with Crippen LogP contribution in [0.2, 0.25) is 0 Å². The molecule has 19 heavy (non-hydrogen) atoms. The molecule has 0 bridgehead atoms. The van der Waals surface area contributed by atoms with Crippen molar-refractivity contribution in [2.45, 2.75) is 13.3 Å². The normalized spacial score (nSPS) is 10.8. The van der Waals surface area contributed by atoms with Gasteiger partial charge in [-0.05, 0) is 12.5 Å². The number of aromatic nitrogens is 2. The average molecular weight is 258 g/mol. The summed E-state index contributed by atoms with van der Waals surface area (Å²) in [6.45, 7) is 1.86. The second-order valence-electron chi connectivity index (χ2n) is 4.03. The number of amides is 1. The van der Waals surface area contributed by atoms with E-state index in [-0.39, 0.29) is 0 Å². The number of hydrogen-bond acceptors (Lipinski definition) is 3. The van der Waals surface area contributed by atoms with Crippen LogP contribution in [0.5, 0.6) is 0 Å². The molecule has 0 saturated carbocycles. The number of nitrogens with one attached hydrogen (secondary N) is 2. The molecule has 0 aliphatic carbocycles. The zero-order chi connectivity index (χ0) is 13.7. The maximum absolute atomic E-state index is 10.3. The molecule has 1 amide bonds. The molecule has 0 aliphatic rings. The van der Waals surface area contributed by atoms with Crippen molar-refractivity contribution in [3.63, 3.8) is 0 Å². The largest absolute Gasteiger partial charge is 0.464 e. The summed E-state index contributed by atoms with van der Waals surface area (Å²) >= 11 is 0. The van der Waals surface area contributed by atoms with Crippen LogP contribution in [0.1, 0.15) is 22.8 Å². The second kappa shape index (κ2) is 5.81. The fourth-order valence-electron chi connectivity index (χ4n) is 1.68. The molecule has 0 aliphatic heterocycles. The van der Waals surface area contributed by atoms with Gasteiger partial charge in [0.25, 0.3) is 0 Å². The third kappa shape index (κ3) is 3.67. The summed E-state index contributed by atoms with van der Waals surface area (Å²) in [4.78, 5) is 17.8. The van der Waals surface area contributed by atoms with Gasteiger partial charge < -0.3 is 10.1 Å². The number of nitrogens with zero attached hydrogens (tertiary/aromatic N) is 2. The SMILES string of the molecule is Cc1[nH]c(Cc2ccccc2)nc1C=NNC(=O)O. The number of hydrazone groups is 1. The van der Waals surface area contributed by atoms with E-state index in [1.807, 2.05) is 42.7 Å². The Hall–Kier alpha value is -2.63. The van der Waals surface area contributed by atoms with Gasteiger partial charge in [0.05, 0.1) is 6.21 Å². The summed E-state index contributed by atoms with van der Waals surface area (Å²) in [7, 11) is 0. The van der Waals surface area contributed by atoms with E-state index < -0.39 is 6.09 Å². The quantitative estimate of drug-likeness (QED) is 0.578. The highest BCUT2D eigenvalue weighted by Crippen LogP contribution is 2.08. The Kier molecular flexibility index (Phi) is 3.92. The van der Waals surface area contributed by atoms with Crippen molar-refractivity contribution in [2.24, 2.45) is 5.10 Å². The first-order chi connectivity index (χ1) is 9.15. The van der Waals surface area contributed by atoms with E-state index in [4.69, 9.17) is 5.11 Å². The smallest absolute Gasteiger partial charge is 0.425 e. The molecule has 1 heterocycles. The molecule has 1 aromatic carbocycles. The predicted octanol–water partition coefficient (Wildman–Crippen LogP) is 1.91. The van der Waals surface area contributed by atoms with Crippen LogP contribution in [-0.2, 0) is 6.42 Å². The molecule has 0 fully saturated rings. The number of rotatable bonds is 4. The lowest BCUT2D eigenvalue weighted by Gasteiger charge is -1.96. The van der Waals surface area contributed by atoms with E-state index >= 15 is 0 Å². The van der Waals surface area contributed by atoms with Crippen molar-refractivity contribution in [3.05, 3.63) is 53.1 Å². The third-order valence-electron chi connectivity index (χ3n) is 2.53. The van der Waals surface area contributed by atoms with Crippen LogP contribution in [0, 0.1) is 6.92 Å². The lowest BCUT2D eigenvalue weighted by Crippen LogP contribution is -2.13. The molecule has 0 spiro atoms. The predicted molar refractivity (Wildman–Crippen MR) is 71.3 cm³/mol. The molecule has 6 heteroatoms. The van der Waals surface area contributed by atoms with Gasteiger partial charge in [-0.1, -0.05) is 30.3 Å². The summed E-state index contributed by atoms with van der Waals surface area (Å²) in [6.07, 6.45) is 0.880. The Morgan fingerprint density at radius 3 is 2.89 bits per heavy atom. The summed E-state index contributed by atoms with van der Waals surface area (Å²) < 4.78 is 0. The Morgan fingerprint density at radius 1 is 1.47 bits per heavy atom. The lowest BCUT2D eigenvalue weighted by molar-refractivity contribution is 0.195. The van der Waals surface area contributed by atoms with Crippen molar-refractivity contribution in [2.75, 3.05) is 0 Å². The van der Waals surface area contributed by atoms with E-state index in [2.05, 4.69) is 15.1 Å². The van der Waals surface area contributed by atoms with E-state index in [0.29, 0.717) is 12.1 Å². The number of carbonyl (C=O) groups is 1. The number of H-pyrrole nitrogens is 1. The maximum atomic E-state index is 10.3. The molecule has 2 rings (SSSR count). The molecule has 0 radical (unpaired) electrons. The van der Waals surface area contributed by atoms with Gasteiger partial charge in [-0.25, -0.2) is 15.2 Å². The average Bonchev–Trinajstić information content (AvgIpc) is 2.70. The summed E-state index contributed by atoms with van der Waals surface area (Å²) in [5.41, 5.74) is 4.54. The third-order valence-corrected chi connectivity index (χ3v) is 2.53. The van der Waals surface area contributed by atoms with Crippen LogP contribution in [-0.4, -0.2) is 27.4 Å². The number of aryl methyl sites for hydroxylation is 1. The highest BCUT2D eigenvalue weighted by molar-refractivity contribution is 5.79. The van der Waals surface area contributed by atoms with E-state index in [1.165, 1.54) is 6.21 Å². The van der Waals surface area contributed by atoms with Gasteiger partial charge in [-0.3, -0.25) is 0 Å². The van der Waals surface area contributed by atoms with Crippen molar-refractivity contribution < 1.29 is 9.90 Å². The fourth-order valence-corrected chi connectivity index (χ4v) is 1.68. The first-order valence-corrected chi connectivity index (χ1v) is 5.76. The monoisotopic (exact) mass is 258 g/mol. The highest BCUT2D eigenvalue weighted by Gasteiger charge is 2.05.